The molecule has 14 heavy (non-hydrogen) atoms. The number of rotatable bonds is 4. The predicted octanol–water partition coefficient (Wildman–Crippen LogP) is 1.32. The zero-order valence-corrected chi connectivity index (χ0v) is 8.23. The van der Waals surface area contributed by atoms with Gasteiger partial charge in [0.05, 0.1) is 0 Å². The largest absolute Gasteiger partial charge is 0.369 e. The van der Waals surface area contributed by atoms with Crippen LogP contribution in [0.3, 0.4) is 0 Å². The Hall–Kier alpha value is -1.19. The van der Waals surface area contributed by atoms with Crippen molar-refractivity contribution in [1.82, 2.24) is 0 Å². The molecule has 1 aromatic carbocycles. The lowest BCUT2D eigenvalue weighted by atomic mass is 9.98. The van der Waals surface area contributed by atoms with Crippen molar-refractivity contribution < 1.29 is 9.90 Å². The number of hydrogen-bond donors (Lipinski definition) is 2. The van der Waals surface area contributed by atoms with Gasteiger partial charge in [0.25, 0.3) is 0 Å². The third-order valence-electron chi connectivity index (χ3n) is 2.06. The average molecular weight is 193 g/mol. The third-order valence-corrected chi connectivity index (χ3v) is 2.06. The van der Waals surface area contributed by atoms with Crippen LogP contribution < -0.4 is 5.73 Å². The molecule has 0 heterocycles. The molecule has 3 heteroatoms. The van der Waals surface area contributed by atoms with Gasteiger partial charge >= 0.3 is 0 Å². The minimum absolute atomic E-state index is 0.278. The number of carbonyl (C=O) groups excluding carboxylic acids is 1. The molecular formula is C11H15NO2. The first kappa shape index (κ1) is 10.9. The highest BCUT2D eigenvalue weighted by molar-refractivity contribution is 6.01. The van der Waals surface area contributed by atoms with Crippen LogP contribution in [0.2, 0.25) is 0 Å². The lowest BCUT2D eigenvalue weighted by Crippen LogP contribution is -2.47. The second-order valence-electron chi connectivity index (χ2n) is 3.37. The Kier molecular flexibility index (Phi) is 3.38. The molecule has 0 fully saturated rings. The molecule has 0 spiro atoms. The van der Waals surface area contributed by atoms with Crippen LogP contribution in [-0.2, 0) is 0 Å². The van der Waals surface area contributed by atoms with E-state index in [1.54, 1.807) is 24.3 Å². The van der Waals surface area contributed by atoms with Gasteiger partial charge in [-0.15, -0.1) is 0 Å². The predicted molar refractivity (Wildman–Crippen MR) is 54.8 cm³/mol. The van der Waals surface area contributed by atoms with Crippen LogP contribution in [0.1, 0.15) is 30.1 Å². The second-order valence-corrected chi connectivity index (χ2v) is 3.37. The summed E-state index contributed by atoms with van der Waals surface area (Å²) in [6.45, 7) is 1.87. The lowest BCUT2D eigenvalue weighted by molar-refractivity contribution is 0.0302. The third kappa shape index (κ3) is 2.40. The molecule has 0 saturated carbocycles. The smallest absolute Gasteiger partial charge is 0.209 e. The molecule has 0 amide bonds. The SMILES string of the molecule is CCCC(N)(O)C(=O)c1ccccc1. The van der Waals surface area contributed by atoms with Gasteiger partial charge in [-0.05, 0) is 6.42 Å². The van der Waals surface area contributed by atoms with E-state index in [-0.39, 0.29) is 6.42 Å². The van der Waals surface area contributed by atoms with Gasteiger partial charge in [-0.1, -0.05) is 43.7 Å². The normalized spacial score (nSPS) is 14.8. The molecule has 1 rings (SSSR count). The maximum absolute atomic E-state index is 11.7. The van der Waals surface area contributed by atoms with Crippen LogP contribution in [0.15, 0.2) is 30.3 Å². The Morgan fingerprint density at radius 3 is 2.50 bits per heavy atom. The summed E-state index contributed by atoms with van der Waals surface area (Å²) in [5, 5.41) is 9.66. The number of benzene rings is 1. The number of carbonyl (C=O) groups is 1. The Bertz CT molecular complexity index is 306. The molecule has 0 radical (unpaired) electrons. The first-order valence-electron chi connectivity index (χ1n) is 4.69. The molecule has 0 saturated heterocycles. The maximum atomic E-state index is 11.7. The molecule has 0 aliphatic rings. The van der Waals surface area contributed by atoms with Crippen LogP contribution in [0.5, 0.6) is 0 Å². The second kappa shape index (κ2) is 4.35. The number of aliphatic hydroxyl groups is 1. The summed E-state index contributed by atoms with van der Waals surface area (Å²) in [6.07, 6.45) is 0.951. The summed E-state index contributed by atoms with van der Waals surface area (Å²) < 4.78 is 0. The van der Waals surface area contributed by atoms with E-state index in [4.69, 9.17) is 5.73 Å². The van der Waals surface area contributed by atoms with E-state index in [9.17, 15) is 9.90 Å². The van der Waals surface area contributed by atoms with Crippen LogP contribution in [0.4, 0.5) is 0 Å². The number of Topliss-reactive ketones (excluding diaryl/α,β-unsaturated/α-hetero) is 1. The molecule has 0 aliphatic heterocycles. The zero-order chi connectivity index (χ0) is 10.6. The van der Waals surface area contributed by atoms with E-state index in [1.807, 2.05) is 13.0 Å². The summed E-state index contributed by atoms with van der Waals surface area (Å²) in [7, 11) is 0. The highest BCUT2D eigenvalue weighted by Gasteiger charge is 2.30. The van der Waals surface area contributed by atoms with E-state index in [1.165, 1.54) is 0 Å². The maximum Gasteiger partial charge on any atom is 0.209 e. The topological polar surface area (TPSA) is 63.3 Å². The number of hydrogen-bond acceptors (Lipinski definition) is 3. The highest BCUT2D eigenvalue weighted by atomic mass is 16.3. The summed E-state index contributed by atoms with van der Waals surface area (Å²) in [4.78, 5) is 11.7. The number of nitrogens with two attached hydrogens (primary N) is 1. The monoisotopic (exact) mass is 193 g/mol. The van der Waals surface area contributed by atoms with E-state index in [2.05, 4.69) is 0 Å². The molecule has 1 atom stereocenters. The lowest BCUT2D eigenvalue weighted by Gasteiger charge is -2.20. The molecule has 76 valence electrons. The summed E-state index contributed by atoms with van der Waals surface area (Å²) in [6, 6.07) is 8.60. The van der Waals surface area contributed by atoms with Crippen molar-refractivity contribution >= 4 is 5.78 Å². The van der Waals surface area contributed by atoms with Crippen molar-refractivity contribution in [3.63, 3.8) is 0 Å². The number of ketones is 1. The van der Waals surface area contributed by atoms with Crippen LogP contribution >= 0.6 is 0 Å². The Morgan fingerprint density at radius 1 is 1.43 bits per heavy atom. The van der Waals surface area contributed by atoms with Gasteiger partial charge in [-0.3, -0.25) is 10.5 Å². The Balaban J connectivity index is 2.85. The van der Waals surface area contributed by atoms with Crippen molar-refractivity contribution in [2.24, 2.45) is 5.73 Å². The van der Waals surface area contributed by atoms with Gasteiger partial charge in [-0.2, -0.15) is 0 Å². The van der Waals surface area contributed by atoms with Gasteiger partial charge in [-0.25, -0.2) is 0 Å². The molecule has 0 aliphatic carbocycles. The fourth-order valence-electron chi connectivity index (χ4n) is 1.33. The Morgan fingerprint density at radius 2 is 2.00 bits per heavy atom. The minimum atomic E-state index is -1.73. The van der Waals surface area contributed by atoms with Gasteiger partial charge < -0.3 is 5.11 Å². The summed E-state index contributed by atoms with van der Waals surface area (Å²) >= 11 is 0. The molecule has 0 aromatic heterocycles. The van der Waals surface area contributed by atoms with E-state index in [0.29, 0.717) is 12.0 Å². The summed E-state index contributed by atoms with van der Waals surface area (Å²) in [5.74, 6) is -0.417. The molecule has 3 N–H and O–H groups in total. The van der Waals surface area contributed by atoms with Crippen molar-refractivity contribution in [1.29, 1.82) is 0 Å². The van der Waals surface area contributed by atoms with Crippen LogP contribution in [0.25, 0.3) is 0 Å². The van der Waals surface area contributed by atoms with Crippen molar-refractivity contribution in [2.75, 3.05) is 0 Å². The standard InChI is InChI=1S/C11H15NO2/c1-2-8-11(12,14)10(13)9-6-4-3-5-7-9/h3-7,14H,2,8,12H2,1H3. The molecule has 1 unspecified atom stereocenters. The van der Waals surface area contributed by atoms with Crippen LogP contribution in [-0.4, -0.2) is 16.6 Å². The average Bonchev–Trinajstić information content (AvgIpc) is 2.18. The van der Waals surface area contributed by atoms with Gasteiger partial charge in [0, 0.05) is 5.56 Å². The van der Waals surface area contributed by atoms with Crippen molar-refractivity contribution in [3.8, 4) is 0 Å². The van der Waals surface area contributed by atoms with E-state index in [0.717, 1.165) is 0 Å². The Labute approximate surface area is 83.6 Å². The quantitative estimate of drug-likeness (QED) is 0.560. The molecule has 0 bridgehead atoms. The van der Waals surface area contributed by atoms with Crippen molar-refractivity contribution in [3.05, 3.63) is 35.9 Å². The zero-order valence-electron chi connectivity index (χ0n) is 8.23. The van der Waals surface area contributed by atoms with E-state index >= 15 is 0 Å². The van der Waals surface area contributed by atoms with E-state index < -0.39 is 11.5 Å². The molecular weight excluding hydrogens is 178 g/mol. The fraction of sp³-hybridized carbons (Fsp3) is 0.364. The first-order valence-corrected chi connectivity index (χ1v) is 4.69. The van der Waals surface area contributed by atoms with Gasteiger partial charge in [0.2, 0.25) is 5.78 Å². The minimum Gasteiger partial charge on any atom is -0.369 e. The van der Waals surface area contributed by atoms with Gasteiger partial charge in [0.1, 0.15) is 0 Å². The van der Waals surface area contributed by atoms with Gasteiger partial charge in [0.15, 0.2) is 5.72 Å². The molecule has 3 nitrogen and oxygen atoms in total. The van der Waals surface area contributed by atoms with Crippen molar-refractivity contribution in [2.45, 2.75) is 25.5 Å². The summed E-state index contributed by atoms with van der Waals surface area (Å²) in [5.41, 5.74) is 4.23. The van der Waals surface area contributed by atoms with Crippen LogP contribution in [0, 0.1) is 0 Å². The highest BCUT2D eigenvalue weighted by Crippen LogP contribution is 2.13. The fourth-order valence-corrected chi connectivity index (χ4v) is 1.33. The first-order chi connectivity index (χ1) is 6.58. The molecule has 1 aromatic rings.